The maximum atomic E-state index is 14.0. The first-order valence-corrected chi connectivity index (χ1v) is 9.23. The van der Waals surface area contributed by atoms with E-state index in [4.69, 9.17) is 11.6 Å². The lowest BCUT2D eigenvalue weighted by Gasteiger charge is -2.34. The van der Waals surface area contributed by atoms with E-state index in [0.29, 0.717) is 38.4 Å². The molecule has 1 fully saturated rings. The fourth-order valence-corrected chi connectivity index (χ4v) is 3.66. The number of aromatic amines is 1. The molecule has 10 heteroatoms. The van der Waals surface area contributed by atoms with Crippen LogP contribution in [-0.2, 0) is 13.0 Å². The summed E-state index contributed by atoms with van der Waals surface area (Å²) in [6, 6.07) is 4.01. The fourth-order valence-electron chi connectivity index (χ4n) is 3.50. The van der Waals surface area contributed by atoms with Gasteiger partial charge < -0.3 is 15.1 Å². The molecule has 0 unspecified atom stereocenters. The maximum absolute atomic E-state index is 14.0. The number of hydrogen-bond donors (Lipinski definition) is 2. The highest BCUT2D eigenvalue weighted by Crippen LogP contribution is 2.20. The average Bonchev–Trinajstić information content (AvgIpc) is 3.11. The number of H-pyrrole nitrogens is 1. The Morgan fingerprint density at radius 2 is 1.79 bits per heavy atom. The molecule has 4 rings (SSSR count). The van der Waals surface area contributed by atoms with Crippen molar-refractivity contribution in [3.05, 3.63) is 51.6 Å². The summed E-state index contributed by atoms with van der Waals surface area (Å²) in [4.78, 5) is 28.6. The summed E-state index contributed by atoms with van der Waals surface area (Å²) in [7, 11) is 0. The molecule has 2 amide bonds. The first-order valence-electron chi connectivity index (χ1n) is 8.85. The van der Waals surface area contributed by atoms with Gasteiger partial charge in [-0.3, -0.25) is 14.7 Å². The van der Waals surface area contributed by atoms with Crippen molar-refractivity contribution in [3.63, 3.8) is 0 Å². The first-order chi connectivity index (χ1) is 13.0. The molecule has 2 aliphatic heterocycles. The topological polar surface area (TPSA) is 81.3 Å². The minimum atomic E-state index is -0.637. The number of carbonyl (C=O) groups is 2. The fraction of sp³-hybridized carbons (Fsp3) is 0.389. The number of amides is 2. The number of piperazine rings is 1. The zero-order chi connectivity index (χ0) is 19.0. The van der Waals surface area contributed by atoms with E-state index >= 15 is 0 Å². The van der Waals surface area contributed by atoms with Crippen molar-refractivity contribution < 1.29 is 14.0 Å². The molecule has 2 N–H and O–H groups in total. The van der Waals surface area contributed by atoms with Crippen molar-refractivity contribution in [3.8, 4) is 0 Å². The van der Waals surface area contributed by atoms with E-state index in [9.17, 15) is 14.0 Å². The second-order valence-electron chi connectivity index (χ2n) is 6.66. The van der Waals surface area contributed by atoms with Crippen LogP contribution in [0.15, 0.2) is 18.2 Å². The summed E-state index contributed by atoms with van der Waals surface area (Å²) < 4.78 is 14.0. The molecule has 3 heterocycles. The standard InChI is InChI=1S/C18H19ClFN5O2.ClH/c19-11-1-2-12(14(20)9-11)17(26)24-5-7-25(8-6-24)18(27)16-13-10-21-4-3-15(13)22-23-16;/h1-2,9,21H,3-8,10H2,(H,22,23);1H. The molecule has 0 atom stereocenters. The van der Waals surface area contributed by atoms with Crippen LogP contribution < -0.4 is 5.32 Å². The van der Waals surface area contributed by atoms with Crippen molar-refractivity contribution in [1.82, 2.24) is 25.3 Å². The number of aromatic nitrogens is 2. The van der Waals surface area contributed by atoms with Crippen LogP contribution in [0.2, 0.25) is 5.02 Å². The lowest BCUT2D eigenvalue weighted by molar-refractivity contribution is 0.0529. The van der Waals surface area contributed by atoms with Crippen LogP contribution in [0.4, 0.5) is 4.39 Å². The number of rotatable bonds is 2. The average molecular weight is 428 g/mol. The Morgan fingerprint density at radius 3 is 2.46 bits per heavy atom. The zero-order valence-electron chi connectivity index (χ0n) is 15.0. The third-order valence-corrected chi connectivity index (χ3v) is 5.26. The number of nitrogens with one attached hydrogen (secondary N) is 2. The summed E-state index contributed by atoms with van der Waals surface area (Å²) >= 11 is 5.74. The van der Waals surface area contributed by atoms with Gasteiger partial charge in [-0.1, -0.05) is 11.6 Å². The molecule has 7 nitrogen and oxygen atoms in total. The van der Waals surface area contributed by atoms with Gasteiger partial charge in [-0.25, -0.2) is 4.39 Å². The molecule has 150 valence electrons. The van der Waals surface area contributed by atoms with E-state index in [1.807, 2.05) is 0 Å². The largest absolute Gasteiger partial charge is 0.335 e. The molecule has 0 radical (unpaired) electrons. The summed E-state index contributed by atoms with van der Waals surface area (Å²) in [6.45, 7) is 2.95. The van der Waals surface area contributed by atoms with Gasteiger partial charge in [0.25, 0.3) is 11.8 Å². The van der Waals surface area contributed by atoms with Crippen LogP contribution in [0.25, 0.3) is 0 Å². The highest BCUT2D eigenvalue weighted by molar-refractivity contribution is 6.30. The van der Waals surface area contributed by atoms with E-state index in [1.165, 1.54) is 12.1 Å². The van der Waals surface area contributed by atoms with Crippen molar-refractivity contribution in [2.24, 2.45) is 0 Å². The van der Waals surface area contributed by atoms with E-state index in [1.54, 1.807) is 9.80 Å². The van der Waals surface area contributed by atoms with Gasteiger partial charge in [0, 0.05) is 62.0 Å². The van der Waals surface area contributed by atoms with Crippen LogP contribution in [0, 0.1) is 5.82 Å². The Bertz CT molecular complexity index is 896. The third kappa shape index (κ3) is 3.85. The van der Waals surface area contributed by atoms with Crippen LogP contribution in [0.3, 0.4) is 0 Å². The second kappa shape index (κ2) is 8.46. The molecule has 2 aromatic rings. The molecule has 2 aliphatic rings. The molecular formula is C18H20Cl2FN5O2. The predicted octanol–water partition coefficient (Wildman–Crippen LogP) is 1.87. The number of nitrogens with zero attached hydrogens (tertiary/aromatic N) is 3. The number of carbonyl (C=O) groups excluding carboxylic acids is 2. The third-order valence-electron chi connectivity index (χ3n) is 5.02. The van der Waals surface area contributed by atoms with Gasteiger partial charge in [-0.15, -0.1) is 12.4 Å². The molecule has 0 spiro atoms. The Balaban J connectivity index is 0.00000225. The summed E-state index contributed by atoms with van der Waals surface area (Å²) in [6.07, 6.45) is 0.824. The highest BCUT2D eigenvalue weighted by atomic mass is 35.5. The Labute approximate surface area is 172 Å². The summed E-state index contributed by atoms with van der Waals surface area (Å²) in [5, 5.41) is 10.6. The Morgan fingerprint density at radius 1 is 1.11 bits per heavy atom. The van der Waals surface area contributed by atoms with E-state index in [-0.39, 0.29) is 28.9 Å². The van der Waals surface area contributed by atoms with Crippen molar-refractivity contribution >= 4 is 35.8 Å². The Hall–Kier alpha value is -2.16. The Kier molecular flexibility index (Phi) is 6.22. The minimum absolute atomic E-state index is 0. The van der Waals surface area contributed by atoms with Gasteiger partial charge in [0.2, 0.25) is 0 Å². The van der Waals surface area contributed by atoms with Crippen molar-refractivity contribution in [2.45, 2.75) is 13.0 Å². The molecular weight excluding hydrogens is 408 g/mol. The molecule has 0 aliphatic carbocycles. The molecule has 1 aromatic carbocycles. The normalized spacial score (nSPS) is 16.4. The van der Waals surface area contributed by atoms with E-state index < -0.39 is 11.7 Å². The van der Waals surface area contributed by atoms with Crippen molar-refractivity contribution in [2.75, 3.05) is 32.7 Å². The van der Waals surface area contributed by atoms with Crippen LogP contribution in [-0.4, -0.2) is 64.5 Å². The lowest BCUT2D eigenvalue weighted by atomic mass is 10.1. The first kappa shape index (κ1) is 20.6. The SMILES string of the molecule is Cl.O=C(c1ccc(Cl)cc1F)N1CCN(C(=O)c2n[nH]c3c2CNCC3)CC1. The molecule has 1 saturated heterocycles. The highest BCUT2D eigenvalue weighted by Gasteiger charge is 2.30. The number of halogens is 3. The molecule has 0 bridgehead atoms. The summed E-state index contributed by atoms with van der Waals surface area (Å²) in [5.41, 5.74) is 2.37. The lowest BCUT2D eigenvalue weighted by Crippen LogP contribution is -2.51. The number of hydrogen-bond acceptors (Lipinski definition) is 4. The van der Waals surface area contributed by atoms with Crippen LogP contribution >= 0.6 is 24.0 Å². The van der Waals surface area contributed by atoms with Crippen LogP contribution in [0.1, 0.15) is 32.1 Å². The molecule has 1 aromatic heterocycles. The van der Waals surface area contributed by atoms with Gasteiger partial charge in [-0.2, -0.15) is 5.10 Å². The quantitative estimate of drug-likeness (QED) is 0.766. The maximum Gasteiger partial charge on any atom is 0.274 e. The smallest absolute Gasteiger partial charge is 0.274 e. The zero-order valence-corrected chi connectivity index (χ0v) is 16.6. The van der Waals surface area contributed by atoms with E-state index in [0.717, 1.165) is 30.3 Å². The van der Waals surface area contributed by atoms with Crippen molar-refractivity contribution in [1.29, 1.82) is 0 Å². The summed E-state index contributed by atoms with van der Waals surface area (Å²) in [5.74, 6) is -1.17. The van der Waals surface area contributed by atoms with Crippen LogP contribution in [0.5, 0.6) is 0 Å². The predicted molar refractivity (Wildman–Crippen MR) is 104 cm³/mol. The molecule has 0 saturated carbocycles. The minimum Gasteiger partial charge on any atom is -0.335 e. The van der Waals surface area contributed by atoms with E-state index in [2.05, 4.69) is 15.5 Å². The molecule has 28 heavy (non-hydrogen) atoms. The second-order valence-corrected chi connectivity index (χ2v) is 7.10. The number of benzene rings is 1. The number of fused-ring (bicyclic) bond motifs is 1. The van der Waals surface area contributed by atoms with Gasteiger partial charge in [0.1, 0.15) is 5.82 Å². The van der Waals surface area contributed by atoms with Gasteiger partial charge in [-0.05, 0) is 18.2 Å². The van der Waals surface area contributed by atoms with Gasteiger partial charge >= 0.3 is 0 Å². The monoisotopic (exact) mass is 427 g/mol. The van der Waals surface area contributed by atoms with Gasteiger partial charge in [0.15, 0.2) is 5.69 Å². The van der Waals surface area contributed by atoms with Gasteiger partial charge in [0.05, 0.1) is 5.56 Å².